The molecule has 5 nitrogen and oxygen atoms in total. The summed E-state index contributed by atoms with van der Waals surface area (Å²) >= 11 is 0. The Bertz CT molecular complexity index is 1080. The van der Waals surface area contributed by atoms with Crippen molar-refractivity contribution in [3.63, 3.8) is 0 Å². The number of rotatable bonds is 2. The van der Waals surface area contributed by atoms with Gasteiger partial charge < -0.3 is 4.90 Å². The van der Waals surface area contributed by atoms with E-state index < -0.39 is 0 Å². The molecule has 0 spiro atoms. The molecule has 1 aliphatic rings. The number of hydrogen-bond acceptors (Lipinski definition) is 4. The normalized spacial score (nSPS) is 14.2. The summed E-state index contributed by atoms with van der Waals surface area (Å²) < 4.78 is 2.16. The molecular weight excluding hydrogens is 310 g/mol. The average Bonchev–Trinajstić information content (AvgIpc) is 3.11. The Hall–Kier alpha value is -2.95. The molecule has 3 heterocycles. The molecule has 0 amide bonds. The van der Waals surface area contributed by atoms with E-state index in [-0.39, 0.29) is 0 Å². The Morgan fingerprint density at radius 3 is 2.64 bits per heavy atom. The van der Waals surface area contributed by atoms with Crippen molar-refractivity contribution in [3.05, 3.63) is 65.5 Å². The fraction of sp³-hybridized carbons (Fsp3) is 0.250. The number of aryl methyl sites for hydroxylation is 1. The molecule has 0 fully saturated rings. The lowest BCUT2D eigenvalue weighted by atomic mass is 10.00. The number of aromatic nitrogens is 4. The molecule has 25 heavy (non-hydrogen) atoms. The van der Waals surface area contributed by atoms with Crippen molar-refractivity contribution in [3.8, 4) is 0 Å². The quantitative estimate of drug-likeness (QED) is 0.565. The van der Waals surface area contributed by atoms with Gasteiger partial charge in [-0.05, 0) is 29.7 Å². The number of hydrogen-bond donors (Lipinski definition) is 0. The van der Waals surface area contributed by atoms with Crippen LogP contribution < -0.4 is 4.90 Å². The van der Waals surface area contributed by atoms with Gasteiger partial charge in [-0.25, -0.2) is 4.98 Å². The third-order valence-corrected chi connectivity index (χ3v) is 5.03. The first kappa shape index (κ1) is 14.4. The van der Waals surface area contributed by atoms with Crippen molar-refractivity contribution < 1.29 is 0 Å². The van der Waals surface area contributed by atoms with Crippen LogP contribution in [0.1, 0.15) is 23.9 Å². The highest BCUT2D eigenvalue weighted by molar-refractivity contribution is 5.83. The van der Waals surface area contributed by atoms with Gasteiger partial charge in [-0.1, -0.05) is 43.3 Å². The van der Waals surface area contributed by atoms with Gasteiger partial charge in [0.25, 0.3) is 0 Å². The molecular formula is C20H19N5. The predicted octanol–water partition coefficient (Wildman–Crippen LogP) is 3.40. The van der Waals surface area contributed by atoms with E-state index in [0.29, 0.717) is 0 Å². The third-order valence-electron chi connectivity index (χ3n) is 5.03. The smallest absolute Gasteiger partial charge is 0.204 e. The molecule has 2 aromatic carbocycles. The summed E-state index contributed by atoms with van der Waals surface area (Å²) in [7, 11) is 0. The van der Waals surface area contributed by atoms with E-state index in [9.17, 15) is 0 Å². The maximum absolute atomic E-state index is 4.95. The van der Waals surface area contributed by atoms with E-state index in [4.69, 9.17) is 4.98 Å². The number of fused-ring (bicyclic) bond motifs is 4. The second-order valence-electron chi connectivity index (χ2n) is 6.49. The first-order valence-corrected chi connectivity index (χ1v) is 8.79. The Labute approximate surface area is 145 Å². The summed E-state index contributed by atoms with van der Waals surface area (Å²) in [5, 5.41) is 8.89. The zero-order valence-corrected chi connectivity index (χ0v) is 14.2. The maximum Gasteiger partial charge on any atom is 0.204 e. The van der Waals surface area contributed by atoms with E-state index >= 15 is 0 Å². The zero-order valence-electron chi connectivity index (χ0n) is 14.2. The molecule has 0 aliphatic carbocycles. The predicted molar refractivity (Wildman–Crippen MR) is 98.9 cm³/mol. The van der Waals surface area contributed by atoms with Gasteiger partial charge in [0.2, 0.25) is 5.65 Å². The number of benzene rings is 2. The van der Waals surface area contributed by atoms with Crippen LogP contribution in [-0.2, 0) is 19.4 Å². The first-order chi connectivity index (χ1) is 12.3. The molecule has 0 atom stereocenters. The second-order valence-corrected chi connectivity index (χ2v) is 6.49. The molecule has 4 aromatic rings. The van der Waals surface area contributed by atoms with E-state index in [2.05, 4.69) is 62.8 Å². The summed E-state index contributed by atoms with van der Waals surface area (Å²) in [6, 6.07) is 16.9. The van der Waals surface area contributed by atoms with Gasteiger partial charge in [-0.15, -0.1) is 10.2 Å². The van der Waals surface area contributed by atoms with Crippen molar-refractivity contribution >= 4 is 22.5 Å². The summed E-state index contributed by atoms with van der Waals surface area (Å²) in [6.45, 7) is 3.93. The van der Waals surface area contributed by atoms with Gasteiger partial charge >= 0.3 is 0 Å². The van der Waals surface area contributed by atoms with Crippen LogP contribution in [0.3, 0.4) is 0 Å². The minimum atomic E-state index is 0.845. The molecule has 0 radical (unpaired) electrons. The molecule has 5 heteroatoms. The minimum absolute atomic E-state index is 0.845. The van der Waals surface area contributed by atoms with Crippen LogP contribution in [0.15, 0.2) is 48.5 Å². The molecule has 0 saturated heterocycles. The largest absolute Gasteiger partial charge is 0.349 e. The van der Waals surface area contributed by atoms with Gasteiger partial charge in [-0.2, -0.15) is 0 Å². The second kappa shape index (κ2) is 5.55. The summed E-state index contributed by atoms with van der Waals surface area (Å²) in [5.74, 6) is 1.91. The highest BCUT2D eigenvalue weighted by Gasteiger charge is 2.22. The molecule has 0 saturated carbocycles. The summed E-state index contributed by atoms with van der Waals surface area (Å²) in [4.78, 5) is 7.28. The molecule has 0 unspecified atom stereocenters. The van der Waals surface area contributed by atoms with Gasteiger partial charge in [-0.3, -0.25) is 4.40 Å². The van der Waals surface area contributed by atoms with Crippen LogP contribution in [-0.4, -0.2) is 26.1 Å². The number of nitrogens with zero attached hydrogens (tertiary/aromatic N) is 5. The monoisotopic (exact) mass is 329 g/mol. The van der Waals surface area contributed by atoms with Crippen molar-refractivity contribution in [2.45, 2.75) is 26.3 Å². The molecule has 124 valence electrons. The van der Waals surface area contributed by atoms with Crippen molar-refractivity contribution in [1.29, 1.82) is 0 Å². The zero-order chi connectivity index (χ0) is 16.8. The average molecular weight is 329 g/mol. The van der Waals surface area contributed by atoms with Crippen molar-refractivity contribution in [2.24, 2.45) is 0 Å². The molecule has 5 rings (SSSR count). The lowest BCUT2D eigenvalue weighted by Crippen LogP contribution is -2.31. The topological polar surface area (TPSA) is 46.3 Å². The Morgan fingerprint density at radius 2 is 1.76 bits per heavy atom. The van der Waals surface area contributed by atoms with E-state index in [1.165, 1.54) is 11.1 Å². The van der Waals surface area contributed by atoms with Crippen LogP contribution in [0.5, 0.6) is 0 Å². The fourth-order valence-electron chi connectivity index (χ4n) is 3.74. The van der Waals surface area contributed by atoms with Crippen LogP contribution in [0.25, 0.3) is 16.7 Å². The molecule has 0 N–H and O–H groups in total. The first-order valence-electron chi connectivity index (χ1n) is 8.79. The van der Waals surface area contributed by atoms with Crippen molar-refractivity contribution in [1.82, 2.24) is 19.6 Å². The summed E-state index contributed by atoms with van der Waals surface area (Å²) in [5.41, 5.74) is 5.72. The van der Waals surface area contributed by atoms with Crippen LogP contribution in [0.2, 0.25) is 0 Å². The Morgan fingerprint density at radius 1 is 0.960 bits per heavy atom. The third kappa shape index (κ3) is 2.19. The van der Waals surface area contributed by atoms with Crippen LogP contribution >= 0.6 is 0 Å². The van der Waals surface area contributed by atoms with E-state index in [0.717, 1.165) is 54.3 Å². The lowest BCUT2D eigenvalue weighted by molar-refractivity contribution is 0.722. The maximum atomic E-state index is 4.95. The highest BCUT2D eigenvalue weighted by Crippen LogP contribution is 2.28. The Kier molecular flexibility index (Phi) is 3.20. The molecule has 1 aliphatic heterocycles. The summed E-state index contributed by atoms with van der Waals surface area (Å²) in [6.07, 6.45) is 1.88. The van der Waals surface area contributed by atoms with E-state index in [1.54, 1.807) is 0 Å². The fourth-order valence-corrected chi connectivity index (χ4v) is 3.74. The van der Waals surface area contributed by atoms with Gasteiger partial charge in [0, 0.05) is 19.5 Å². The highest BCUT2D eigenvalue weighted by atomic mass is 15.3. The van der Waals surface area contributed by atoms with Crippen LogP contribution in [0, 0.1) is 0 Å². The SMILES string of the molecule is CCc1nnc2c(N3CCc4ccccc4C3)nc3ccccc3n12. The van der Waals surface area contributed by atoms with Gasteiger partial charge in [0.1, 0.15) is 5.82 Å². The van der Waals surface area contributed by atoms with Crippen LogP contribution in [0.4, 0.5) is 5.82 Å². The standard InChI is InChI=1S/C20H19N5/c1-2-18-22-23-20-19(21-16-9-5-6-10-17(16)25(18)20)24-12-11-14-7-3-4-8-15(14)13-24/h3-10H,2,11-13H2,1H3. The number of para-hydroxylation sites is 2. The molecule has 0 bridgehead atoms. The van der Waals surface area contributed by atoms with Crippen molar-refractivity contribution in [2.75, 3.05) is 11.4 Å². The molecule has 2 aromatic heterocycles. The van der Waals surface area contributed by atoms with E-state index in [1.807, 2.05) is 12.1 Å². The number of anilines is 1. The Balaban J connectivity index is 1.72. The lowest BCUT2D eigenvalue weighted by Gasteiger charge is -2.30. The van der Waals surface area contributed by atoms with Gasteiger partial charge in [0.05, 0.1) is 11.0 Å². The van der Waals surface area contributed by atoms with Gasteiger partial charge in [0.15, 0.2) is 5.82 Å². The minimum Gasteiger partial charge on any atom is -0.349 e.